The van der Waals surface area contributed by atoms with Crippen LogP contribution >= 0.6 is 0 Å². The van der Waals surface area contributed by atoms with Crippen LogP contribution in [-0.2, 0) is 11.2 Å². The van der Waals surface area contributed by atoms with E-state index < -0.39 is 17.5 Å². The topological polar surface area (TPSA) is 99.5 Å². The summed E-state index contributed by atoms with van der Waals surface area (Å²) in [5.41, 5.74) is 11.5. The van der Waals surface area contributed by atoms with Gasteiger partial charge in [-0.2, -0.15) is 5.10 Å². The lowest BCUT2D eigenvalue weighted by Crippen LogP contribution is -2.31. The normalized spacial score (nSPS) is 14.1. The minimum absolute atomic E-state index is 0.103. The summed E-state index contributed by atoms with van der Waals surface area (Å²) in [6.45, 7) is 2.84. The molecule has 1 saturated heterocycles. The van der Waals surface area contributed by atoms with Crippen LogP contribution in [0.1, 0.15) is 34.3 Å². The molecule has 2 heterocycles. The summed E-state index contributed by atoms with van der Waals surface area (Å²) in [4.78, 5) is 17.0. The van der Waals surface area contributed by atoms with Gasteiger partial charge in [-0.3, -0.25) is 9.89 Å². The highest BCUT2D eigenvalue weighted by atomic mass is 19.1. The van der Waals surface area contributed by atoms with Crippen molar-refractivity contribution in [3.8, 4) is 11.3 Å². The number of amides is 1. The zero-order chi connectivity index (χ0) is 29.1. The predicted octanol–water partition coefficient (Wildman–Crippen LogP) is 4.79. The molecule has 10 heteroatoms. The molecule has 41 heavy (non-hydrogen) atoms. The first-order valence-corrected chi connectivity index (χ1v) is 13.8. The van der Waals surface area contributed by atoms with Gasteiger partial charge in [-0.1, -0.05) is 6.07 Å². The molecule has 8 nitrogen and oxygen atoms in total. The van der Waals surface area contributed by atoms with Gasteiger partial charge in [0.1, 0.15) is 17.3 Å². The van der Waals surface area contributed by atoms with Gasteiger partial charge in [-0.25, -0.2) is 8.78 Å². The van der Waals surface area contributed by atoms with Crippen molar-refractivity contribution < 1.29 is 18.3 Å². The van der Waals surface area contributed by atoms with Gasteiger partial charge in [-0.15, -0.1) is 0 Å². The van der Waals surface area contributed by atoms with E-state index in [0.29, 0.717) is 42.1 Å². The Morgan fingerprint density at radius 2 is 1.76 bits per heavy atom. The molecular formula is C31H36F2N6O2. The highest BCUT2D eigenvalue weighted by molar-refractivity contribution is 6.08. The van der Waals surface area contributed by atoms with Gasteiger partial charge in [0.25, 0.3) is 5.91 Å². The van der Waals surface area contributed by atoms with Gasteiger partial charge in [0.15, 0.2) is 0 Å². The number of H-pyrrole nitrogens is 1. The number of aromatic nitrogens is 2. The van der Waals surface area contributed by atoms with Crippen LogP contribution in [-0.4, -0.2) is 74.5 Å². The minimum Gasteiger partial charge on any atom is -0.381 e. The van der Waals surface area contributed by atoms with Crippen molar-refractivity contribution in [3.05, 3.63) is 76.9 Å². The third-order valence-electron chi connectivity index (χ3n) is 7.51. The molecular weight excluding hydrogens is 526 g/mol. The molecule has 1 amide bonds. The molecule has 1 aromatic heterocycles. The van der Waals surface area contributed by atoms with Crippen LogP contribution in [0.15, 0.2) is 48.5 Å². The van der Waals surface area contributed by atoms with Gasteiger partial charge in [0, 0.05) is 56.5 Å². The van der Waals surface area contributed by atoms with Crippen LogP contribution < -0.4 is 16.0 Å². The number of carbonyl (C=O) groups excluding carboxylic acids is 1. The van der Waals surface area contributed by atoms with Crippen molar-refractivity contribution >= 4 is 28.2 Å². The molecule has 0 spiro atoms. The molecule has 1 aliphatic rings. The van der Waals surface area contributed by atoms with Gasteiger partial charge in [-0.05, 0) is 80.9 Å². The Labute approximate surface area is 238 Å². The molecule has 5 rings (SSSR count). The molecule has 0 atom stereocenters. The third kappa shape index (κ3) is 6.49. The minimum atomic E-state index is -0.609. The maximum Gasteiger partial charge on any atom is 0.250 e. The molecule has 1 aliphatic heterocycles. The summed E-state index contributed by atoms with van der Waals surface area (Å²) in [6, 6.07) is 13.2. The van der Waals surface area contributed by atoms with Gasteiger partial charge < -0.3 is 25.6 Å². The number of anilines is 2. The molecule has 0 saturated carbocycles. The Hall–Kier alpha value is -4.02. The Kier molecular flexibility index (Phi) is 8.51. The van der Waals surface area contributed by atoms with Crippen molar-refractivity contribution in [3.63, 3.8) is 0 Å². The van der Waals surface area contributed by atoms with Crippen LogP contribution in [0.25, 0.3) is 22.2 Å². The van der Waals surface area contributed by atoms with Crippen molar-refractivity contribution in [2.45, 2.75) is 25.3 Å². The molecule has 0 unspecified atom stereocenters. The van der Waals surface area contributed by atoms with Crippen molar-refractivity contribution in [1.29, 1.82) is 0 Å². The van der Waals surface area contributed by atoms with Crippen molar-refractivity contribution in [2.24, 2.45) is 5.73 Å². The first-order valence-electron chi connectivity index (χ1n) is 13.8. The van der Waals surface area contributed by atoms with Crippen LogP contribution in [0, 0.1) is 11.6 Å². The SMILES string of the molecule is CN(C)CCN(C)c1ccc(C(N)=O)c(NC2CCOCC2)c1-c1n[nH]c2ccc(Cc3cc(F)cc(F)c3)cc12. The quantitative estimate of drug-likeness (QED) is 0.257. The number of ether oxygens (including phenoxy) is 1. The number of primary amides is 1. The fraction of sp³-hybridized carbons (Fsp3) is 0.355. The second kappa shape index (κ2) is 12.2. The monoisotopic (exact) mass is 562 g/mol. The van der Waals surface area contributed by atoms with E-state index in [0.717, 1.165) is 59.7 Å². The number of likely N-dealkylation sites (N-methyl/N-ethyl adjacent to an activating group) is 2. The number of carbonyl (C=O) groups is 1. The molecule has 4 aromatic rings. The van der Waals surface area contributed by atoms with Gasteiger partial charge in [0.05, 0.1) is 22.3 Å². The standard InChI is InChI=1S/C31H36F2N6O2/c1-38(2)10-11-39(3)27-7-5-24(31(34)40)29(35-23-8-12-41-13-9-23)28(27)30-25-17-19(4-6-26(25)36-37-30)14-20-15-21(32)18-22(33)16-20/h4-7,15-18,23,35H,8-14H2,1-3H3,(H2,34,40)(H,36,37). The highest BCUT2D eigenvalue weighted by Gasteiger charge is 2.26. The average Bonchev–Trinajstić information content (AvgIpc) is 3.34. The molecule has 0 aliphatic carbocycles. The second-order valence-electron chi connectivity index (χ2n) is 10.9. The fourth-order valence-corrected chi connectivity index (χ4v) is 5.33. The molecule has 3 aromatic carbocycles. The maximum absolute atomic E-state index is 13.9. The number of rotatable bonds is 10. The first-order chi connectivity index (χ1) is 19.7. The van der Waals surface area contributed by atoms with Crippen molar-refractivity contribution in [1.82, 2.24) is 15.1 Å². The smallest absolute Gasteiger partial charge is 0.250 e. The van der Waals surface area contributed by atoms with E-state index in [1.807, 2.05) is 45.4 Å². The van der Waals surface area contributed by atoms with E-state index in [9.17, 15) is 13.6 Å². The van der Waals surface area contributed by atoms with Crippen LogP contribution in [0.2, 0.25) is 0 Å². The van der Waals surface area contributed by atoms with E-state index in [2.05, 4.69) is 20.2 Å². The van der Waals surface area contributed by atoms with Crippen molar-refractivity contribution in [2.75, 3.05) is 57.7 Å². The number of halogens is 2. The molecule has 0 bridgehead atoms. The zero-order valence-electron chi connectivity index (χ0n) is 23.6. The second-order valence-corrected chi connectivity index (χ2v) is 10.9. The van der Waals surface area contributed by atoms with E-state index in [1.165, 1.54) is 12.1 Å². The Bertz CT molecular complexity index is 1530. The maximum atomic E-state index is 13.9. The number of benzene rings is 3. The highest BCUT2D eigenvalue weighted by Crippen LogP contribution is 2.42. The number of aromatic amines is 1. The average molecular weight is 563 g/mol. The molecule has 1 fully saturated rings. The van der Waals surface area contributed by atoms with Crippen LogP contribution in [0.3, 0.4) is 0 Å². The largest absolute Gasteiger partial charge is 0.381 e. The number of nitrogens with zero attached hydrogens (tertiary/aromatic N) is 3. The summed E-state index contributed by atoms with van der Waals surface area (Å²) < 4.78 is 33.3. The number of hydrogen-bond donors (Lipinski definition) is 3. The lowest BCUT2D eigenvalue weighted by molar-refractivity contribution is 0.0904. The Morgan fingerprint density at radius 3 is 2.44 bits per heavy atom. The van der Waals surface area contributed by atoms with E-state index in [1.54, 1.807) is 6.07 Å². The Balaban J connectivity index is 1.66. The summed E-state index contributed by atoms with van der Waals surface area (Å²) in [6.07, 6.45) is 1.95. The molecule has 0 radical (unpaired) electrons. The van der Waals surface area contributed by atoms with Gasteiger partial charge >= 0.3 is 0 Å². The summed E-state index contributed by atoms with van der Waals surface area (Å²) >= 11 is 0. The van der Waals surface area contributed by atoms with Crippen LogP contribution in [0.5, 0.6) is 0 Å². The first kappa shape index (κ1) is 28.5. The third-order valence-corrected chi connectivity index (χ3v) is 7.51. The Morgan fingerprint density at radius 1 is 1.02 bits per heavy atom. The number of hydrogen-bond acceptors (Lipinski definition) is 6. The van der Waals surface area contributed by atoms with Crippen LogP contribution in [0.4, 0.5) is 20.2 Å². The fourth-order valence-electron chi connectivity index (χ4n) is 5.33. The zero-order valence-corrected chi connectivity index (χ0v) is 23.6. The predicted molar refractivity (Wildman–Crippen MR) is 158 cm³/mol. The number of nitrogens with one attached hydrogen (secondary N) is 2. The summed E-state index contributed by atoms with van der Waals surface area (Å²) in [5, 5.41) is 12.3. The lowest BCUT2D eigenvalue weighted by atomic mass is 9.95. The molecule has 4 N–H and O–H groups in total. The molecule has 216 valence electrons. The van der Waals surface area contributed by atoms with E-state index in [4.69, 9.17) is 15.6 Å². The summed E-state index contributed by atoms with van der Waals surface area (Å²) in [7, 11) is 6.07. The summed E-state index contributed by atoms with van der Waals surface area (Å²) in [5.74, 6) is -1.75. The van der Waals surface area contributed by atoms with E-state index >= 15 is 0 Å². The lowest BCUT2D eigenvalue weighted by Gasteiger charge is -2.30. The number of nitrogens with two attached hydrogens (primary N) is 1. The number of fused-ring (bicyclic) bond motifs is 1. The van der Waals surface area contributed by atoms with Gasteiger partial charge in [0.2, 0.25) is 0 Å². The van der Waals surface area contributed by atoms with E-state index in [-0.39, 0.29) is 6.04 Å².